The third-order valence-electron chi connectivity index (χ3n) is 3.44. The number of anilines is 1. The molecule has 0 fully saturated rings. The summed E-state index contributed by atoms with van der Waals surface area (Å²) in [6, 6.07) is 12.0. The van der Waals surface area contributed by atoms with E-state index < -0.39 is 0 Å². The molecule has 2 rings (SSSR count). The number of carbonyl (C=O) groups excluding carboxylic acids is 2. The zero-order valence-electron chi connectivity index (χ0n) is 13.9. The highest BCUT2D eigenvalue weighted by molar-refractivity contribution is 6.39. The maximum atomic E-state index is 12.5. The number of methoxy groups -OCH3 is 1. The monoisotopic (exact) mass is 380 g/mol. The van der Waals surface area contributed by atoms with E-state index >= 15 is 0 Å². The molecule has 7 heteroatoms. The van der Waals surface area contributed by atoms with E-state index in [1.54, 1.807) is 50.6 Å². The molecule has 0 saturated carbocycles. The topological polar surface area (TPSA) is 58.6 Å². The number of amides is 2. The Hall–Kier alpha value is -2.08. The first-order valence-electron chi connectivity index (χ1n) is 7.49. The zero-order chi connectivity index (χ0) is 18.4. The van der Waals surface area contributed by atoms with Gasteiger partial charge in [-0.2, -0.15) is 0 Å². The van der Waals surface area contributed by atoms with E-state index in [1.807, 2.05) is 6.07 Å². The minimum atomic E-state index is -0.390. The molecule has 132 valence electrons. The SMILES string of the molecule is COCc1cccc(C(=O)N(C)CC(=O)Nc2c(Cl)cccc2Cl)c1. The number of nitrogens with zero attached hydrogens (tertiary/aromatic N) is 1. The Labute approximate surface area is 156 Å². The molecular weight excluding hydrogens is 363 g/mol. The van der Waals surface area contributed by atoms with Crippen molar-refractivity contribution in [3.63, 3.8) is 0 Å². The van der Waals surface area contributed by atoms with E-state index in [2.05, 4.69) is 5.32 Å². The van der Waals surface area contributed by atoms with Gasteiger partial charge in [0.25, 0.3) is 5.91 Å². The Morgan fingerprint density at radius 3 is 2.40 bits per heavy atom. The van der Waals surface area contributed by atoms with Gasteiger partial charge in [0, 0.05) is 19.7 Å². The third-order valence-corrected chi connectivity index (χ3v) is 4.07. The minimum absolute atomic E-state index is 0.130. The number of nitrogens with one attached hydrogen (secondary N) is 1. The fourth-order valence-corrected chi connectivity index (χ4v) is 2.76. The Balaban J connectivity index is 2.03. The molecule has 0 unspecified atom stereocenters. The van der Waals surface area contributed by atoms with Crippen LogP contribution >= 0.6 is 23.2 Å². The molecule has 0 aromatic heterocycles. The molecule has 0 bridgehead atoms. The van der Waals surface area contributed by atoms with Crippen LogP contribution in [0.2, 0.25) is 10.0 Å². The average Bonchev–Trinajstić information content (AvgIpc) is 2.58. The van der Waals surface area contributed by atoms with E-state index in [0.717, 1.165) is 5.56 Å². The number of rotatable bonds is 6. The van der Waals surface area contributed by atoms with Crippen LogP contribution in [0.1, 0.15) is 15.9 Å². The summed E-state index contributed by atoms with van der Waals surface area (Å²) in [4.78, 5) is 26.0. The van der Waals surface area contributed by atoms with Gasteiger partial charge in [-0.05, 0) is 29.8 Å². The third kappa shape index (κ3) is 5.19. The molecule has 0 aliphatic rings. The van der Waals surface area contributed by atoms with Crippen molar-refractivity contribution in [2.45, 2.75) is 6.61 Å². The van der Waals surface area contributed by atoms with Gasteiger partial charge in [0.15, 0.2) is 0 Å². The summed E-state index contributed by atoms with van der Waals surface area (Å²) in [5, 5.41) is 3.30. The van der Waals surface area contributed by atoms with Crippen molar-refractivity contribution >= 4 is 40.7 Å². The smallest absolute Gasteiger partial charge is 0.254 e. The first kappa shape index (κ1) is 19.2. The van der Waals surface area contributed by atoms with Crippen LogP contribution in [-0.2, 0) is 16.1 Å². The second-order valence-electron chi connectivity index (χ2n) is 5.44. The Morgan fingerprint density at radius 1 is 1.12 bits per heavy atom. The zero-order valence-corrected chi connectivity index (χ0v) is 15.4. The molecule has 0 atom stereocenters. The summed E-state index contributed by atoms with van der Waals surface area (Å²) in [5.74, 6) is -0.655. The molecule has 0 heterocycles. The fourth-order valence-electron chi connectivity index (χ4n) is 2.26. The van der Waals surface area contributed by atoms with E-state index in [9.17, 15) is 9.59 Å². The van der Waals surface area contributed by atoms with Crippen LogP contribution in [0.4, 0.5) is 5.69 Å². The van der Waals surface area contributed by atoms with E-state index in [1.165, 1.54) is 4.90 Å². The van der Waals surface area contributed by atoms with Crippen LogP contribution in [0.25, 0.3) is 0 Å². The van der Waals surface area contributed by atoms with Crippen molar-refractivity contribution in [2.75, 3.05) is 26.0 Å². The van der Waals surface area contributed by atoms with Gasteiger partial charge in [0.1, 0.15) is 0 Å². The first-order chi connectivity index (χ1) is 11.9. The van der Waals surface area contributed by atoms with E-state index in [-0.39, 0.29) is 18.4 Å². The largest absolute Gasteiger partial charge is 0.380 e. The summed E-state index contributed by atoms with van der Waals surface area (Å²) >= 11 is 12.0. The predicted molar refractivity (Wildman–Crippen MR) is 99.2 cm³/mol. The van der Waals surface area contributed by atoms with E-state index in [0.29, 0.717) is 27.9 Å². The molecule has 1 N–H and O–H groups in total. The van der Waals surface area contributed by atoms with Gasteiger partial charge < -0.3 is 15.0 Å². The van der Waals surface area contributed by atoms with Gasteiger partial charge in [-0.25, -0.2) is 0 Å². The van der Waals surface area contributed by atoms with Crippen LogP contribution in [0, 0.1) is 0 Å². The molecule has 2 amide bonds. The molecule has 0 spiro atoms. The van der Waals surface area contributed by atoms with Crippen molar-refractivity contribution in [1.82, 2.24) is 4.90 Å². The van der Waals surface area contributed by atoms with Crippen molar-refractivity contribution in [1.29, 1.82) is 0 Å². The number of hydrogen-bond acceptors (Lipinski definition) is 3. The van der Waals surface area contributed by atoms with Crippen molar-refractivity contribution in [3.8, 4) is 0 Å². The maximum Gasteiger partial charge on any atom is 0.254 e. The first-order valence-corrected chi connectivity index (χ1v) is 8.25. The summed E-state index contributed by atoms with van der Waals surface area (Å²) in [5.41, 5.74) is 1.70. The summed E-state index contributed by atoms with van der Waals surface area (Å²) in [6.07, 6.45) is 0. The number of carbonyl (C=O) groups is 2. The second-order valence-corrected chi connectivity index (χ2v) is 6.25. The lowest BCUT2D eigenvalue weighted by molar-refractivity contribution is -0.116. The van der Waals surface area contributed by atoms with Crippen molar-refractivity contribution in [2.24, 2.45) is 0 Å². The number of hydrogen-bond donors (Lipinski definition) is 1. The van der Waals surface area contributed by atoms with Gasteiger partial charge in [-0.3, -0.25) is 9.59 Å². The average molecular weight is 381 g/mol. The highest BCUT2D eigenvalue weighted by atomic mass is 35.5. The molecule has 25 heavy (non-hydrogen) atoms. The van der Waals surface area contributed by atoms with Gasteiger partial charge >= 0.3 is 0 Å². The number of para-hydroxylation sites is 1. The van der Waals surface area contributed by atoms with E-state index in [4.69, 9.17) is 27.9 Å². The minimum Gasteiger partial charge on any atom is -0.380 e. The summed E-state index contributed by atoms with van der Waals surface area (Å²) in [6.45, 7) is 0.283. The van der Waals surface area contributed by atoms with Crippen molar-refractivity contribution in [3.05, 3.63) is 63.6 Å². The quantitative estimate of drug-likeness (QED) is 0.827. The molecular formula is C18H18Cl2N2O3. The highest BCUT2D eigenvalue weighted by Crippen LogP contribution is 2.29. The van der Waals surface area contributed by atoms with Crippen LogP contribution in [-0.4, -0.2) is 37.4 Å². The van der Waals surface area contributed by atoms with Crippen LogP contribution in [0.5, 0.6) is 0 Å². The lowest BCUT2D eigenvalue weighted by Gasteiger charge is -2.18. The Kier molecular flexibility index (Phi) is 6.82. The van der Waals surface area contributed by atoms with Gasteiger partial charge in [0.2, 0.25) is 5.91 Å². The number of likely N-dealkylation sites (N-methyl/N-ethyl adjacent to an activating group) is 1. The van der Waals surface area contributed by atoms with Crippen LogP contribution in [0.3, 0.4) is 0 Å². The summed E-state index contributed by atoms with van der Waals surface area (Å²) < 4.78 is 5.06. The number of benzene rings is 2. The molecule has 0 aliphatic carbocycles. The lowest BCUT2D eigenvalue weighted by atomic mass is 10.1. The van der Waals surface area contributed by atoms with Gasteiger partial charge in [-0.15, -0.1) is 0 Å². The second kappa shape index (κ2) is 8.85. The standard InChI is InChI=1S/C18H18Cl2N2O3/c1-22(18(24)13-6-3-5-12(9-13)11-25-2)10-16(23)21-17-14(19)7-4-8-15(17)20/h3-9H,10-11H2,1-2H3,(H,21,23). The fraction of sp³-hybridized carbons (Fsp3) is 0.222. The normalized spacial score (nSPS) is 10.4. The van der Waals surface area contributed by atoms with Crippen LogP contribution in [0.15, 0.2) is 42.5 Å². The lowest BCUT2D eigenvalue weighted by Crippen LogP contribution is -2.35. The summed E-state index contributed by atoms with van der Waals surface area (Å²) in [7, 11) is 3.14. The van der Waals surface area contributed by atoms with Crippen molar-refractivity contribution < 1.29 is 14.3 Å². The number of halogens is 2. The van der Waals surface area contributed by atoms with Crippen LogP contribution < -0.4 is 5.32 Å². The highest BCUT2D eigenvalue weighted by Gasteiger charge is 2.17. The van der Waals surface area contributed by atoms with Gasteiger partial charge in [0.05, 0.1) is 28.9 Å². The molecule has 0 radical (unpaired) electrons. The predicted octanol–water partition coefficient (Wildman–Crippen LogP) is 3.85. The molecule has 2 aromatic rings. The Bertz CT molecular complexity index is 760. The molecule has 2 aromatic carbocycles. The molecule has 5 nitrogen and oxygen atoms in total. The molecule has 0 saturated heterocycles. The van der Waals surface area contributed by atoms with Gasteiger partial charge in [-0.1, -0.05) is 41.4 Å². The number of ether oxygens (including phenoxy) is 1. The Morgan fingerprint density at radius 2 is 1.76 bits per heavy atom. The molecule has 0 aliphatic heterocycles. The maximum absolute atomic E-state index is 12.5.